The van der Waals surface area contributed by atoms with Crippen molar-refractivity contribution in [2.45, 2.75) is 64.5 Å². The summed E-state index contributed by atoms with van der Waals surface area (Å²) in [5.74, 6) is 1.93. The molecule has 0 spiro atoms. The Morgan fingerprint density at radius 1 is 1.16 bits per heavy atom. The first-order valence-electron chi connectivity index (χ1n) is 7.56. The predicted molar refractivity (Wildman–Crippen MR) is 79.2 cm³/mol. The van der Waals surface area contributed by atoms with Crippen molar-refractivity contribution in [3.8, 4) is 0 Å². The second kappa shape index (κ2) is 10.0. The number of ether oxygens (including phenoxy) is 1. The molecule has 0 amide bonds. The molecule has 3 heteroatoms. The van der Waals surface area contributed by atoms with Crippen molar-refractivity contribution in [1.29, 1.82) is 0 Å². The first-order chi connectivity index (χ1) is 9.31. The van der Waals surface area contributed by atoms with Gasteiger partial charge in [0.2, 0.25) is 0 Å². The molecule has 3 nitrogen and oxygen atoms in total. The molecular weight excluding hydrogens is 238 g/mol. The van der Waals surface area contributed by atoms with E-state index in [4.69, 9.17) is 9.15 Å². The fraction of sp³-hybridized carbons (Fsp3) is 0.750. The van der Waals surface area contributed by atoms with Crippen LogP contribution in [0, 0.1) is 0 Å². The van der Waals surface area contributed by atoms with E-state index >= 15 is 0 Å². The second-order valence-corrected chi connectivity index (χ2v) is 5.13. The van der Waals surface area contributed by atoms with E-state index in [0.29, 0.717) is 12.6 Å². The van der Waals surface area contributed by atoms with Crippen LogP contribution in [0.25, 0.3) is 0 Å². The van der Waals surface area contributed by atoms with Gasteiger partial charge in [-0.2, -0.15) is 0 Å². The number of furan rings is 1. The summed E-state index contributed by atoms with van der Waals surface area (Å²) in [6, 6.07) is 4.40. The fourth-order valence-corrected chi connectivity index (χ4v) is 2.36. The van der Waals surface area contributed by atoms with Crippen LogP contribution in [0.15, 0.2) is 16.5 Å². The van der Waals surface area contributed by atoms with Crippen molar-refractivity contribution in [3.05, 3.63) is 23.7 Å². The van der Waals surface area contributed by atoms with Crippen LogP contribution in [0.2, 0.25) is 0 Å². The molecule has 1 aromatic rings. The molecule has 0 bridgehead atoms. The molecular formula is C16H29NO2. The molecule has 0 saturated carbocycles. The standard InChI is InChI=1S/C16H29NO2/c1-4-5-6-7-8-9-10-15(17-2)16-12-11-14(19-16)13-18-3/h11-12,15,17H,4-10,13H2,1-3H3. The first kappa shape index (κ1) is 16.3. The van der Waals surface area contributed by atoms with Crippen molar-refractivity contribution < 1.29 is 9.15 Å². The highest BCUT2D eigenvalue weighted by Gasteiger charge is 2.13. The smallest absolute Gasteiger partial charge is 0.129 e. The van der Waals surface area contributed by atoms with Crippen molar-refractivity contribution >= 4 is 0 Å². The summed E-state index contributed by atoms with van der Waals surface area (Å²) in [5.41, 5.74) is 0. The maximum absolute atomic E-state index is 5.79. The Hall–Kier alpha value is -0.800. The number of hydrogen-bond donors (Lipinski definition) is 1. The second-order valence-electron chi connectivity index (χ2n) is 5.13. The van der Waals surface area contributed by atoms with Crippen LogP contribution < -0.4 is 5.32 Å². The molecule has 1 unspecified atom stereocenters. The predicted octanol–water partition coefficient (Wildman–Crippen LogP) is 4.44. The number of nitrogens with one attached hydrogen (secondary N) is 1. The van der Waals surface area contributed by atoms with Gasteiger partial charge in [-0.1, -0.05) is 45.4 Å². The summed E-state index contributed by atoms with van der Waals surface area (Å²) in [5, 5.41) is 3.34. The van der Waals surface area contributed by atoms with Gasteiger partial charge in [0.15, 0.2) is 0 Å². The molecule has 0 aliphatic heterocycles. The lowest BCUT2D eigenvalue weighted by atomic mass is 10.0. The first-order valence-corrected chi connectivity index (χ1v) is 7.56. The van der Waals surface area contributed by atoms with E-state index in [1.807, 2.05) is 13.1 Å². The van der Waals surface area contributed by atoms with E-state index in [0.717, 1.165) is 17.9 Å². The van der Waals surface area contributed by atoms with Crippen LogP contribution in [0.4, 0.5) is 0 Å². The topological polar surface area (TPSA) is 34.4 Å². The van der Waals surface area contributed by atoms with Gasteiger partial charge >= 0.3 is 0 Å². The highest BCUT2D eigenvalue weighted by atomic mass is 16.5. The SMILES string of the molecule is CCCCCCCCC(NC)c1ccc(COC)o1. The molecule has 0 fully saturated rings. The molecule has 1 heterocycles. The third-order valence-electron chi connectivity index (χ3n) is 3.51. The van der Waals surface area contributed by atoms with Crippen molar-refractivity contribution in [2.75, 3.05) is 14.2 Å². The largest absolute Gasteiger partial charge is 0.462 e. The minimum atomic E-state index is 0.330. The summed E-state index contributed by atoms with van der Waals surface area (Å²) in [7, 11) is 3.69. The van der Waals surface area contributed by atoms with E-state index in [2.05, 4.69) is 18.3 Å². The van der Waals surface area contributed by atoms with E-state index in [9.17, 15) is 0 Å². The lowest BCUT2D eigenvalue weighted by molar-refractivity contribution is 0.161. The summed E-state index contributed by atoms with van der Waals surface area (Å²) in [6.45, 7) is 2.80. The van der Waals surface area contributed by atoms with Gasteiger partial charge in [-0.25, -0.2) is 0 Å². The monoisotopic (exact) mass is 267 g/mol. The van der Waals surface area contributed by atoms with Gasteiger partial charge in [0, 0.05) is 7.11 Å². The summed E-state index contributed by atoms with van der Waals surface area (Å²) < 4.78 is 10.9. The average molecular weight is 267 g/mol. The minimum Gasteiger partial charge on any atom is -0.462 e. The molecule has 0 radical (unpaired) electrons. The molecule has 0 aromatic carbocycles. The van der Waals surface area contributed by atoms with Crippen molar-refractivity contribution in [1.82, 2.24) is 5.32 Å². The Labute approximate surface area is 117 Å². The Morgan fingerprint density at radius 3 is 2.58 bits per heavy atom. The van der Waals surface area contributed by atoms with E-state index < -0.39 is 0 Å². The summed E-state index contributed by atoms with van der Waals surface area (Å²) in [6.07, 6.45) is 9.14. The summed E-state index contributed by atoms with van der Waals surface area (Å²) in [4.78, 5) is 0. The van der Waals surface area contributed by atoms with Crippen LogP contribution >= 0.6 is 0 Å². The Morgan fingerprint density at radius 2 is 1.89 bits per heavy atom. The number of methoxy groups -OCH3 is 1. The van der Waals surface area contributed by atoms with Gasteiger partial charge in [-0.05, 0) is 25.6 Å². The minimum absolute atomic E-state index is 0.330. The van der Waals surface area contributed by atoms with E-state index in [-0.39, 0.29) is 0 Å². The van der Waals surface area contributed by atoms with Gasteiger partial charge in [-0.15, -0.1) is 0 Å². The molecule has 19 heavy (non-hydrogen) atoms. The van der Waals surface area contributed by atoms with Gasteiger partial charge < -0.3 is 14.5 Å². The van der Waals surface area contributed by atoms with Crippen LogP contribution in [0.1, 0.15) is 69.4 Å². The maximum Gasteiger partial charge on any atom is 0.129 e. The Kier molecular flexibility index (Phi) is 8.59. The van der Waals surface area contributed by atoms with Gasteiger partial charge in [-0.3, -0.25) is 0 Å². The zero-order valence-corrected chi connectivity index (χ0v) is 12.7. The molecule has 0 aliphatic rings. The highest BCUT2D eigenvalue weighted by Crippen LogP contribution is 2.22. The van der Waals surface area contributed by atoms with Gasteiger partial charge in [0.25, 0.3) is 0 Å². The molecule has 110 valence electrons. The lowest BCUT2D eigenvalue weighted by Gasteiger charge is -2.13. The molecule has 0 saturated heterocycles. The van der Waals surface area contributed by atoms with Crippen LogP contribution in [-0.4, -0.2) is 14.2 Å². The van der Waals surface area contributed by atoms with Crippen molar-refractivity contribution in [2.24, 2.45) is 0 Å². The lowest BCUT2D eigenvalue weighted by Crippen LogP contribution is -2.15. The average Bonchev–Trinajstić information content (AvgIpc) is 2.87. The van der Waals surface area contributed by atoms with E-state index in [1.165, 1.54) is 38.5 Å². The number of rotatable bonds is 11. The molecule has 1 rings (SSSR count). The Balaban J connectivity index is 2.27. The van der Waals surface area contributed by atoms with Crippen LogP contribution in [0.5, 0.6) is 0 Å². The third-order valence-corrected chi connectivity index (χ3v) is 3.51. The molecule has 0 aliphatic carbocycles. The zero-order valence-electron chi connectivity index (χ0n) is 12.7. The summed E-state index contributed by atoms with van der Waals surface area (Å²) >= 11 is 0. The zero-order chi connectivity index (χ0) is 13.9. The molecule has 1 N–H and O–H groups in total. The third kappa shape index (κ3) is 6.26. The van der Waals surface area contributed by atoms with Gasteiger partial charge in [0.1, 0.15) is 18.1 Å². The number of unbranched alkanes of at least 4 members (excludes halogenated alkanes) is 5. The quantitative estimate of drug-likeness (QED) is 0.602. The fourth-order valence-electron chi connectivity index (χ4n) is 2.36. The molecule has 1 atom stereocenters. The van der Waals surface area contributed by atoms with Crippen LogP contribution in [-0.2, 0) is 11.3 Å². The number of hydrogen-bond acceptors (Lipinski definition) is 3. The maximum atomic E-state index is 5.79. The normalized spacial score (nSPS) is 12.8. The highest BCUT2D eigenvalue weighted by molar-refractivity contribution is 5.10. The van der Waals surface area contributed by atoms with Crippen molar-refractivity contribution in [3.63, 3.8) is 0 Å². The Bertz CT molecular complexity index is 322. The van der Waals surface area contributed by atoms with E-state index in [1.54, 1.807) is 7.11 Å². The van der Waals surface area contributed by atoms with Crippen LogP contribution in [0.3, 0.4) is 0 Å². The molecule has 1 aromatic heterocycles. The van der Waals surface area contributed by atoms with Gasteiger partial charge in [0.05, 0.1) is 6.04 Å².